The van der Waals surface area contributed by atoms with E-state index in [1.165, 1.54) is 17.0 Å². The van der Waals surface area contributed by atoms with E-state index in [0.717, 1.165) is 11.1 Å². The number of nitro benzene ring substituents is 1. The molecular weight excluding hydrogens is 362 g/mol. The first-order chi connectivity index (χ1) is 13.4. The molecule has 2 aromatic rings. The van der Waals surface area contributed by atoms with Gasteiger partial charge in [-0.1, -0.05) is 18.2 Å². The van der Waals surface area contributed by atoms with Crippen LogP contribution in [0, 0.1) is 10.1 Å². The van der Waals surface area contributed by atoms with Crippen LogP contribution >= 0.6 is 0 Å². The van der Waals surface area contributed by atoms with E-state index in [9.17, 15) is 24.5 Å². The maximum Gasteiger partial charge on any atom is 0.271 e. The summed E-state index contributed by atoms with van der Waals surface area (Å²) in [6.45, 7) is 0.665. The van der Waals surface area contributed by atoms with Crippen LogP contribution in [0.15, 0.2) is 42.5 Å². The predicted octanol–water partition coefficient (Wildman–Crippen LogP) is 2.45. The molecule has 0 bridgehead atoms. The molecule has 0 atom stereocenters. The summed E-state index contributed by atoms with van der Waals surface area (Å²) in [7, 11) is 0. The van der Waals surface area contributed by atoms with Crippen molar-refractivity contribution in [3.8, 4) is 0 Å². The number of carbonyl (C=O) groups is 3. The van der Waals surface area contributed by atoms with Gasteiger partial charge in [0.05, 0.1) is 17.2 Å². The van der Waals surface area contributed by atoms with Gasteiger partial charge in [0, 0.05) is 37.1 Å². The van der Waals surface area contributed by atoms with Gasteiger partial charge in [0.15, 0.2) is 0 Å². The molecule has 28 heavy (non-hydrogen) atoms. The first-order valence-corrected chi connectivity index (χ1v) is 8.95. The summed E-state index contributed by atoms with van der Waals surface area (Å²) in [6, 6.07) is 11.3. The van der Waals surface area contributed by atoms with Crippen molar-refractivity contribution in [3.05, 3.63) is 69.3 Å². The molecule has 0 aromatic heterocycles. The van der Waals surface area contributed by atoms with Gasteiger partial charge in [-0.25, -0.2) is 0 Å². The van der Waals surface area contributed by atoms with E-state index in [2.05, 4.69) is 0 Å². The summed E-state index contributed by atoms with van der Waals surface area (Å²) in [5, 5.41) is 11.0. The molecule has 0 N–H and O–H groups in total. The van der Waals surface area contributed by atoms with Crippen LogP contribution in [-0.4, -0.2) is 34.1 Å². The molecule has 2 aliphatic heterocycles. The van der Waals surface area contributed by atoms with E-state index in [-0.39, 0.29) is 42.8 Å². The van der Waals surface area contributed by atoms with Crippen molar-refractivity contribution in [2.24, 2.45) is 0 Å². The molecular formula is C20H17N3O5. The SMILES string of the molecule is O=C1CCC(=O)N1Cc1ccc(C(=O)N2CCc3ccc([N+](=O)[O-])cc32)cc1. The van der Waals surface area contributed by atoms with Crippen molar-refractivity contribution in [2.45, 2.75) is 25.8 Å². The maximum atomic E-state index is 12.9. The fourth-order valence-electron chi connectivity index (χ4n) is 3.58. The number of fused-ring (bicyclic) bond motifs is 1. The monoisotopic (exact) mass is 379 g/mol. The molecule has 0 radical (unpaired) electrons. The second-order valence-electron chi connectivity index (χ2n) is 6.85. The molecule has 0 saturated carbocycles. The number of anilines is 1. The lowest BCUT2D eigenvalue weighted by Crippen LogP contribution is -2.29. The lowest BCUT2D eigenvalue weighted by Gasteiger charge is -2.18. The largest absolute Gasteiger partial charge is 0.308 e. The Morgan fingerprint density at radius 1 is 1.00 bits per heavy atom. The second kappa shape index (κ2) is 6.88. The van der Waals surface area contributed by atoms with E-state index in [1.54, 1.807) is 35.2 Å². The zero-order valence-electron chi connectivity index (χ0n) is 15.0. The molecule has 0 spiro atoms. The third kappa shape index (κ3) is 3.13. The van der Waals surface area contributed by atoms with E-state index in [4.69, 9.17) is 0 Å². The third-order valence-corrected chi connectivity index (χ3v) is 5.12. The molecule has 8 heteroatoms. The quantitative estimate of drug-likeness (QED) is 0.461. The summed E-state index contributed by atoms with van der Waals surface area (Å²) < 4.78 is 0. The number of carbonyl (C=O) groups excluding carboxylic acids is 3. The molecule has 0 aliphatic carbocycles. The number of nitrogens with zero attached hydrogens (tertiary/aromatic N) is 3. The summed E-state index contributed by atoms with van der Waals surface area (Å²) in [4.78, 5) is 49.7. The number of amides is 3. The Hall–Kier alpha value is -3.55. The van der Waals surface area contributed by atoms with Gasteiger partial charge in [0.25, 0.3) is 11.6 Å². The molecule has 3 amide bonds. The van der Waals surface area contributed by atoms with Gasteiger partial charge in [0.1, 0.15) is 0 Å². The topological polar surface area (TPSA) is 101 Å². The Bertz CT molecular complexity index is 983. The number of likely N-dealkylation sites (tertiary alicyclic amines) is 1. The maximum absolute atomic E-state index is 12.9. The highest BCUT2D eigenvalue weighted by Gasteiger charge is 2.29. The van der Waals surface area contributed by atoms with Crippen LogP contribution in [0.25, 0.3) is 0 Å². The van der Waals surface area contributed by atoms with E-state index >= 15 is 0 Å². The van der Waals surface area contributed by atoms with Crippen LogP contribution in [-0.2, 0) is 22.6 Å². The number of nitro groups is 1. The molecule has 142 valence electrons. The Morgan fingerprint density at radius 3 is 2.32 bits per heavy atom. The average Bonchev–Trinajstić information content (AvgIpc) is 3.25. The number of imide groups is 1. The first kappa shape index (κ1) is 17.8. The van der Waals surface area contributed by atoms with Gasteiger partial charge in [0.2, 0.25) is 11.8 Å². The van der Waals surface area contributed by atoms with Gasteiger partial charge in [-0.3, -0.25) is 29.4 Å². The molecule has 1 saturated heterocycles. The highest BCUT2D eigenvalue weighted by atomic mass is 16.6. The van der Waals surface area contributed by atoms with E-state index in [0.29, 0.717) is 24.2 Å². The number of benzene rings is 2. The summed E-state index contributed by atoms with van der Waals surface area (Å²) in [5.41, 5.74) is 2.63. The predicted molar refractivity (Wildman–Crippen MR) is 99.7 cm³/mol. The van der Waals surface area contributed by atoms with E-state index in [1.807, 2.05) is 0 Å². The standard InChI is InChI=1S/C20H17N3O5/c24-18-7-8-19(25)22(18)12-13-1-3-15(4-2-13)20(26)21-10-9-14-5-6-16(23(27)28)11-17(14)21/h1-6,11H,7-10,12H2. The van der Waals surface area contributed by atoms with Crippen LogP contribution in [0.5, 0.6) is 0 Å². The van der Waals surface area contributed by atoms with Crippen molar-refractivity contribution in [2.75, 3.05) is 11.4 Å². The fourth-order valence-corrected chi connectivity index (χ4v) is 3.58. The van der Waals surface area contributed by atoms with Crippen LogP contribution in [0.1, 0.15) is 34.3 Å². The van der Waals surface area contributed by atoms with Crippen LogP contribution in [0.2, 0.25) is 0 Å². The summed E-state index contributed by atoms with van der Waals surface area (Å²) in [5.74, 6) is -0.597. The lowest BCUT2D eigenvalue weighted by atomic mass is 10.1. The van der Waals surface area contributed by atoms with E-state index < -0.39 is 4.92 Å². The minimum absolute atomic E-state index is 0.0475. The fraction of sp³-hybridized carbons (Fsp3) is 0.250. The molecule has 8 nitrogen and oxygen atoms in total. The van der Waals surface area contributed by atoms with Crippen LogP contribution < -0.4 is 4.90 Å². The first-order valence-electron chi connectivity index (χ1n) is 8.95. The number of rotatable bonds is 4. The number of hydrogen-bond acceptors (Lipinski definition) is 5. The molecule has 2 aromatic carbocycles. The van der Waals surface area contributed by atoms with Gasteiger partial charge >= 0.3 is 0 Å². The Labute approximate surface area is 160 Å². The highest BCUT2D eigenvalue weighted by Crippen LogP contribution is 2.32. The van der Waals surface area contributed by atoms with Crippen molar-refractivity contribution in [1.29, 1.82) is 0 Å². The molecule has 2 aliphatic rings. The Kier molecular flexibility index (Phi) is 4.38. The minimum atomic E-state index is -0.475. The number of hydrogen-bond donors (Lipinski definition) is 0. The average molecular weight is 379 g/mol. The third-order valence-electron chi connectivity index (χ3n) is 5.12. The normalized spacial score (nSPS) is 15.9. The molecule has 4 rings (SSSR count). The Balaban J connectivity index is 1.52. The van der Waals surface area contributed by atoms with Gasteiger partial charge in [-0.15, -0.1) is 0 Å². The van der Waals surface area contributed by atoms with Crippen LogP contribution in [0.3, 0.4) is 0 Å². The van der Waals surface area contributed by atoms with Crippen molar-refractivity contribution >= 4 is 29.1 Å². The van der Waals surface area contributed by atoms with Gasteiger partial charge < -0.3 is 4.90 Å². The second-order valence-corrected chi connectivity index (χ2v) is 6.85. The molecule has 2 heterocycles. The Morgan fingerprint density at radius 2 is 1.68 bits per heavy atom. The summed E-state index contributed by atoms with van der Waals surface area (Å²) in [6.07, 6.45) is 1.14. The smallest absolute Gasteiger partial charge is 0.271 e. The van der Waals surface area contributed by atoms with Crippen molar-refractivity contribution in [1.82, 2.24) is 4.90 Å². The lowest BCUT2D eigenvalue weighted by molar-refractivity contribution is -0.384. The van der Waals surface area contributed by atoms with Gasteiger partial charge in [-0.2, -0.15) is 0 Å². The zero-order valence-corrected chi connectivity index (χ0v) is 15.0. The molecule has 1 fully saturated rings. The molecule has 0 unspecified atom stereocenters. The van der Waals surface area contributed by atoms with Crippen molar-refractivity contribution in [3.63, 3.8) is 0 Å². The van der Waals surface area contributed by atoms with Crippen molar-refractivity contribution < 1.29 is 19.3 Å². The number of non-ortho nitro benzene ring substituents is 1. The highest BCUT2D eigenvalue weighted by molar-refractivity contribution is 6.07. The minimum Gasteiger partial charge on any atom is -0.308 e. The van der Waals surface area contributed by atoms with Crippen LogP contribution in [0.4, 0.5) is 11.4 Å². The van der Waals surface area contributed by atoms with Gasteiger partial charge in [-0.05, 0) is 29.7 Å². The zero-order chi connectivity index (χ0) is 19.8. The summed E-state index contributed by atoms with van der Waals surface area (Å²) >= 11 is 0.